The van der Waals surface area contributed by atoms with E-state index in [4.69, 9.17) is 32.8 Å². The van der Waals surface area contributed by atoms with Gasteiger partial charge in [0.2, 0.25) is 12.0 Å². The molecule has 0 radical (unpaired) electrons. The summed E-state index contributed by atoms with van der Waals surface area (Å²) in [5.74, 6) is -0.391. The van der Waals surface area contributed by atoms with Crippen molar-refractivity contribution in [2.24, 2.45) is 0 Å². The summed E-state index contributed by atoms with van der Waals surface area (Å²) in [6, 6.07) is 9.13. The summed E-state index contributed by atoms with van der Waals surface area (Å²) in [6.45, 7) is 0.947. The van der Waals surface area contributed by atoms with Gasteiger partial charge in [-0.15, -0.1) is 0 Å². The summed E-state index contributed by atoms with van der Waals surface area (Å²) >= 11 is 0. The average molecular weight is 623 g/mol. The fraction of sp³-hybridized carbons (Fsp3) is 0.483. The molecule has 2 fully saturated rings. The number of aliphatic hydroxyl groups excluding tert-OH is 6. The minimum Gasteiger partial charge on any atom is -0.504 e. The number of hydrogen-bond acceptors (Lipinski definition) is 15. The third kappa shape index (κ3) is 5.93. The molecular weight excluding hydrogens is 588 g/mol. The van der Waals surface area contributed by atoms with Gasteiger partial charge in [0.1, 0.15) is 65.2 Å². The van der Waals surface area contributed by atoms with Crippen LogP contribution in [0.15, 0.2) is 45.6 Å². The second-order valence-corrected chi connectivity index (χ2v) is 10.5. The van der Waals surface area contributed by atoms with Gasteiger partial charge in [0.05, 0.1) is 26.9 Å². The zero-order valence-electron chi connectivity index (χ0n) is 23.8. The van der Waals surface area contributed by atoms with Gasteiger partial charge in [-0.3, -0.25) is 4.79 Å². The van der Waals surface area contributed by atoms with E-state index in [1.807, 2.05) is 0 Å². The van der Waals surface area contributed by atoms with Crippen LogP contribution in [0.3, 0.4) is 0 Å². The zero-order valence-corrected chi connectivity index (χ0v) is 23.8. The van der Waals surface area contributed by atoms with Crippen molar-refractivity contribution in [1.82, 2.24) is 0 Å². The van der Waals surface area contributed by atoms with Crippen LogP contribution in [0.25, 0.3) is 22.3 Å². The van der Waals surface area contributed by atoms with Gasteiger partial charge in [-0.2, -0.15) is 0 Å². The molecule has 5 rings (SSSR count). The van der Waals surface area contributed by atoms with Crippen LogP contribution in [0, 0.1) is 0 Å². The van der Waals surface area contributed by atoms with Gasteiger partial charge < -0.3 is 68.6 Å². The highest BCUT2D eigenvalue weighted by Crippen LogP contribution is 2.43. The third-order valence-electron chi connectivity index (χ3n) is 7.64. The van der Waals surface area contributed by atoms with Gasteiger partial charge in [-0.1, -0.05) is 0 Å². The second kappa shape index (κ2) is 12.8. The highest BCUT2D eigenvalue weighted by Gasteiger charge is 2.47. The zero-order chi connectivity index (χ0) is 31.9. The molecule has 3 aromatic rings. The lowest BCUT2D eigenvalue weighted by Gasteiger charge is -2.42. The van der Waals surface area contributed by atoms with Crippen molar-refractivity contribution in [3.05, 3.63) is 46.6 Å². The maximum Gasteiger partial charge on any atom is 0.229 e. The van der Waals surface area contributed by atoms with Gasteiger partial charge in [0, 0.05) is 17.7 Å². The number of phenolic OH excluding ortho intramolecular Hbond substituents is 1. The van der Waals surface area contributed by atoms with Crippen molar-refractivity contribution in [3.63, 3.8) is 0 Å². The molecule has 10 atom stereocenters. The van der Waals surface area contributed by atoms with E-state index in [-0.39, 0.29) is 28.2 Å². The van der Waals surface area contributed by atoms with E-state index in [0.717, 1.165) is 0 Å². The lowest BCUT2D eigenvalue weighted by Crippen LogP contribution is -2.61. The maximum atomic E-state index is 13.0. The highest BCUT2D eigenvalue weighted by atomic mass is 16.7. The Morgan fingerprint density at radius 3 is 2.11 bits per heavy atom. The fourth-order valence-electron chi connectivity index (χ4n) is 5.06. The molecule has 0 saturated carbocycles. The number of aliphatic hydroxyl groups is 6. The van der Waals surface area contributed by atoms with Gasteiger partial charge >= 0.3 is 0 Å². The Morgan fingerprint density at radius 2 is 1.45 bits per heavy atom. The van der Waals surface area contributed by atoms with Crippen molar-refractivity contribution >= 4 is 11.0 Å². The lowest BCUT2D eigenvalue weighted by atomic mass is 9.98. The molecule has 1 aromatic heterocycles. The Hall–Kier alpha value is -3.51. The van der Waals surface area contributed by atoms with Crippen molar-refractivity contribution in [2.75, 3.05) is 20.8 Å². The first kappa shape index (κ1) is 31.9. The molecule has 2 aliphatic heterocycles. The number of rotatable bonds is 8. The van der Waals surface area contributed by atoms with Crippen LogP contribution in [-0.2, 0) is 14.2 Å². The van der Waals surface area contributed by atoms with Crippen LogP contribution in [0.1, 0.15) is 6.92 Å². The Bertz CT molecular complexity index is 1510. The van der Waals surface area contributed by atoms with Crippen LogP contribution in [-0.4, -0.2) is 118 Å². The number of aromatic hydroxyl groups is 1. The summed E-state index contributed by atoms with van der Waals surface area (Å²) < 4.78 is 38.7. The topological polar surface area (TPSA) is 227 Å². The lowest BCUT2D eigenvalue weighted by molar-refractivity contribution is -0.318. The number of hydrogen-bond donors (Lipinski definition) is 7. The quantitative estimate of drug-likeness (QED) is 0.163. The van der Waals surface area contributed by atoms with Crippen LogP contribution in [0.5, 0.6) is 23.0 Å². The first-order valence-electron chi connectivity index (χ1n) is 13.6. The smallest absolute Gasteiger partial charge is 0.229 e. The van der Waals surface area contributed by atoms with Crippen molar-refractivity contribution in [3.8, 4) is 34.3 Å². The van der Waals surface area contributed by atoms with Crippen molar-refractivity contribution < 1.29 is 68.6 Å². The van der Waals surface area contributed by atoms with Crippen LogP contribution in [0.2, 0.25) is 0 Å². The predicted molar refractivity (Wildman–Crippen MR) is 148 cm³/mol. The summed E-state index contributed by atoms with van der Waals surface area (Å²) in [6.07, 6.45) is -15.2. The Balaban J connectivity index is 1.41. The van der Waals surface area contributed by atoms with Crippen molar-refractivity contribution in [1.29, 1.82) is 0 Å². The first-order valence-corrected chi connectivity index (χ1v) is 13.6. The van der Waals surface area contributed by atoms with Gasteiger partial charge in [-0.25, -0.2) is 0 Å². The summed E-state index contributed by atoms with van der Waals surface area (Å²) in [5, 5.41) is 72.6. The van der Waals surface area contributed by atoms with Crippen LogP contribution < -0.4 is 19.6 Å². The number of benzene rings is 2. The van der Waals surface area contributed by atoms with Gasteiger partial charge in [0.25, 0.3) is 0 Å². The number of methoxy groups -OCH3 is 2. The molecule has 15 nitrogen and oxygen atoms in total. The summed E-state index contributed by atoms with van der Waals surface area (Å²) in [5.41, 5.74) is -0.138. The standard InChI is InChI=1S/C29H34O15/c1-11-20(31)23(34)25(36)28(41-11)40-10-18-21(32)24(35)26(37)29(44-18)43-17-9-16-19(22(33)27(17)39-3)14(30)8-15(42-16)12-4-6-13(38-2)7-5-12/h4-9,11,18,20-21,23-26,28-29,31-37H,10H2,1-3H3/t11-,18+,20+,21-,23-,24+,25-,26-,28-,29-/m1/s1. The molecule has 240 valence electrons. The Kier molecular flexibility index (Phi) is 9.31. The number of phenols is 1. The largest absolute Gasteiger partial charge is 0.504 e. The van der Waals surface area contributed by atoms with Gasteiger partial charge in [0.15, 0.2) is 23.2 Å². The van der Waals surface area contributed by atoms with E-state index in [9.17, 15) is 40.5 Å². The molecule has 0 aliphatic carbocycles. The molecule has 2 aromatic carbocycles. The molecule has 0 unspecified atom stereocenters. The molecular formula is C29H34O15. The Morgan fingerprint density at radius 1 is 0.795 bits per heavy atom. The highest BCUT2D eigenvalue weighted by molar-refractivity contribution is 5.89. The molecule has 2 aliphatic rings. The third-order valence-corrected chi connectivity index (χ3v) is 7.64. The molecule has 0 amide bonds. The number of fused-ring (bicyclic) bond motifs is 1. The van der Waals surface area contributed by atoms with E-state index in [1.165, 1.54) is 33.3 Å². The van der Waals surface area contributed by atoms with E-state index in [1.54, 1.807) is 24.3 Å². The van der Waals surface area contributed by atoms with Crippen molar-refractivity contribution in [2.45, 2.75) is 68.3 Å². The number of ether oxygens (including phenoxy) is 6. The molecule has 0 spiro atoms. The second-order valence-electron chi connectivity index (χ2n) is 10.5. The maximum absolute atomic E-state index is 13.0. The predicted octanol–water partition coefficient (Wildman–Crippen LogP) is -0.787. The Labute approximate surface area is 249 Å². The van der Waals surface area contributed by atoms with Crippen LogP contribution in [0.4, 0.5) is 0 Å². The molecule has 0 bridgehead atoms. The minimum atomic E-state index is -1.81. The average Bonchev–Trinajstić information content (AvgIpc) is 3.01. The molecule has 3 heterocycles. The van der Waals surface area contributed by atoms with Gasteiger partial charge in [-0.05, 0) is 31.2 Å². The summed E-state index contributed by atoms with van der Waals surface area (Å²) in [7, 11) is 2.72. The van der Waals surface area contributed by atoms with Crippen LogP contribution >= 0.6 is 0 Å². The van der Waals surface area contributed by atoms with E-state index < -0.39 is 79.2 Å². The SMILES string of the molecule is COc1ccc(-c2cc(=O)c3c(O)c(OC)c(O[C@@H]4O[C@@H](CO[C@@H]5O[C@H](C)[C@H](O)[C@@H](O)[C@H]5O)[C@@H](O)[C@H](O)[C@H]4O)cc3o2)cc1. The normalized spacial score (nSPS) is 32.4. The molecule has 44 heavy (non-hydrogen) atoms. The van der Waals surface area contributed by atoms with E-state index in [0.29, 0.717) is 11.3 Å². The monoisotopic (exact) mass is 622 g/mol. The van der Waals surface area contributed by atoms with E-state index in [2.05, 4.69) is 0 Å². The van der Waals surface area contributed by atoms with E-state index >= 15 is 0 Å². The first-order chi connectivity index (χ1) is 20.9. The fourth-order valence-corrected chi connectivity index (χ4v) is 5.06. The molecule has 2 saturated heterocycles. The molecule has 7 N–H and O–H groups in total. The molecule has 15 heteroatoms. The minimum absolute atomic E-state index is 0.0966. The summed E-state index contributed by atoms with van der Waals surface area (Å²) in [4.78, 5) is 13.0.